The zero-order valence-electron chi connectivity index (χ0n) is 44.6. The highest BCUT2D eigenvalue weighted by molar-refractivity contribution is 7.48. The van der Waals surface area contributed by atoms with Gasteiger partial charge in [-0.2, -0.15) is 9.97 Å². The number of hydrogen-bond donors (Lipinski definition) is 10. The van der Waals surface area contributed by atoms with Crippen LogP contribution in [0, 0.1) is 6.92 Å². The maximum absolute atomic E-state index is 13.9. The minimum Gasteiger partial charge on any atom is -0.388 e. The quantitative estimate of drug-likeness (QED) is 0.0269. The zero-order valence-corrected chi connectivity index (χ0v) is 48.2. The Bertz CT molecular complexity index is 3840. The third-order valence-electron chi connectivity index (χ3n) is 13.2. The smallest absolute Gasteiger partial charge is 0.388 e. The van der Waals surface area contributed by atoms with Gasteiger partial charge in [-0.15, -0.1) is 0 Å². The largest absolute Gasteiger partial charge is 0.472 e. The molecule has 13 N–H and O–H groups in total. The Labute approximate surface area is 475 Å². The fraction of sp³-hybridized carbons (Fsp3) is 0.561. The monoisotopic (exact) mass is 1280 g/mol. The van der Waals surface area contributed by atoms with Crippen molar-refractivity contribution in [1.29, 1.82) is 0 Å². The number of phosphoric ester groups is 4. The molecular formula is C41H57N15O25P4. The SMILES string of the molecule is CCO[C@@H]1C[C@H](n2cnc3c(N)ncnc32)O[C@@H]1COP(=O)(O)O[C@H](Cn1cnc2c(=O)[nH]c(N)nc21)[C@H](O)COP(=O)(O)O[C@@H]1C[C@H](n2ccc(N)nc2=O)O[C@@H]1COP(=O)(O)O[C@@H]1C[C@H](n2cc(C)c(=O)[nH]c2=O)O[C@@H]1COP(=O)(O)OC. The second-order valence-electron chi connectivity index (χ2n) is 19.0. The van der Waals surface area contributed by atoms with Gasteiger partial charge in [-0.1, -0.05) is 0 Å². The summed E-state index contributed by atoms with van der Waals surface area (Å²) in [5, 5.41) is 11.6. The van der Waals surface area contributed by atoms with Crippen molar-refractivity contribution in [1.82, 2.24) is 58.1 Å². The number of aromatic amines is 2. The highest BCUT2D eigenvalue weighted by atomic mass is 31.2. The van der Waals surface area contributed by atoms with Crippen LogP contribution in [0.3, 0.4) is 0 Å². The van der Waals surface area contributed by atoms with Crippen molar-refractivity contribution in [3.8, 4) is 0 Å². The summed E-state index contributed by atoms with van der Waals surface area (Å²) in [5.74, 6) is -0.449. The average molecular weight is 1280 g/mol. The van der Waals surface area contributed by atoms with Crippen molar-refractivity contribution in [2.75, 3.05) is 57.3 Å². The van der Waals surface area contributed by atoms with E-state index in [9.17, 15) is 62.1 Å². The predicted molar refractivity (Wildman–Crippen MR) is 283 cm³/mol. The number of fused-ring (bicyclic) bond motifs is 2. The highest BCUT2D eigenvalue weighted by Gasteiger charge is 2.47. The van der Waals surface area contributed by atoms with Crippen LogP contribution in [0.5, 0.6) is 0 Å². The number of nitrogen functional groups attached to an aromatic ring is 3. The molecule has 0 aromatic carbocycles. The van der Waals surface area contributed by atoms with Gasteiger partial charge in [0.05, 0.1) is 51.7 Å². The summed E-state index contributed by atoms with van der Waals surface area (Å²) in [4.78, 5) is 122. The summed E-state index contributed by atoms with van der Waals surface area (Å²) < 4.78 is 123. The maximum atomic E-state index is 13.9. The van der Waals surface area contributed by atoms with Gasteiger partial charge < -0.3 is 65.4 Å². The summed E-state index contributed by atoms with van der Waals surface area (Å²) in [7, 11) is -20.1. The van der Waals surface area contributed by atoms with E-state index < -0.39 is 167 Å². The maximum Gasteiger partial charge on any atom is 0.472 e. The van der Waals surface area contributed by atoms with E-state index in [0.29, 0.717) is 11.2 Å². The molecular weight excluding hydrogens is 1230 g/mol. The van der Waals surface area contributed by atoms with Gasteiger partial charge in [0.1, 0.15) is 79.1 Å². The number of rotatable bonds is 27. The Morgan fingerprint density at radius 2 is 1.29 bits per heavy atom. The first-order valence-corrected chi connectivity index (χ1v) is 31.2. The van der Waals surface area contributed by atoms with Gasteiger partial charge in [0.25, 0.3) is 11.1 Å². The second kappa shape index (κ2) is 25.8. The molecule has 3 fully saturated rings. The van der Waals surface area contributed by atoms with Crippen LogP contribution in [-0.2, 0) is 79.9 Å². The number of aliphatic hydroxyl groups excluding tert-OH is 1. The number of phosphoric acid groups is 4. The molecule has 3 aliphatic heterocycles. The van der Waals surface area contributed by atoms with E-state index in [-0.39, 0.29) is 47.3 Å². The van der Waals surface area contributed by atoms with Crippen LogP contribution in [0.4, 0.5) is 17.6 Å². The molecule has 9 heterocycles. The Morgan fingerprint density at radius 1 is 0.706 bits per heavy atom. The van der Waals surface area contributed by atoms with Crippen molar-refractivity contribution in [3.05, 3.63) is 84.7 Å². The topological polar surface area (TPSA) is 555 Å². The molecule has 44 heteroatoms. The van der Waals surface area contributed by atoms with Crippen LogP contribution in [0.15, 0.2) is 56.6 Å². The number of aliphatic hydroxyl groups is 1. The molecule has 4 unspecified atom stereocenters. The Balaban J connectivity index is 0.900. The average Bonchev–Trinajstić information content (AvgIpc) is 2.08. The van der Waals surface area contributed by atoms with Crippen LogP contribution in [0.1, 0.15) is 50.4 Å². The molecule has 3 aliphatic rings. The molecule has 0 bridgehead atoms. The zero-order chi connectivity index (χ0) is 61.3. The van der Waals surface area contributed by atoms with Gasteiger partial charge in [0.2, 0.25) is 5.95 Å². The van der Waals surface area contributed by atoms with E-state index in [4.69, 9.17) is 67.8 Å². The molecule has 9 rings (SSSR count). The molecule has 15 atom stereocenters. The number of aryl methyl sites for hydroxylation is 1. The summed E-state index contributed by atoms with van der Waals surface area (Å²) in [6.07, 6.45) is -10.7. The molecule has 466 valence electrons. The van der Waals surface area contributed by atoms with Crippen LogP contribution in [-0.4, -0.2) is 172 Å². The number of anilines is 3. The van der Waals surface area contributed by atoms with E-state index in [1.807, 2.05) is 0 Å². The minimum atomic E-state index is -5.52. The lowest BCUT2D eigenvalue weighted by Gasteiger charge is -2.27. The Kier molecular flexibility index (Phi) is 19.3. The van der Waals surface area contributed by atoms with Crippen molar-refractivity contribution in [2.24, 2.45) is 0 Å². The van der Waals surface area contributed by atoms with Gasteiger partial charge in [0, 0.05) is 50.9 Å². The summed E-state index contributed by atoms with van der Waals surface area (Å²) >= 11 is 0. The van der Waals surface area contributed by atoms with Gasteiger partial charge >= 0.3 is 42.7 Å². The number of nitrogens with one attached hydrogen (secondary N) is 2. The second-order valence-corrected chi connectivity index (χ2v) is 24.7. The highest BCUT2D eigenvalue weighted by Crippen LogP contribution is 2.53. The van der Waals surface area contributed by atoms with Crippen LogP contribution in [0.2, 0.25) is 0 Å². The van der Waals surface area contributed by atoms with Gasteiger partial charge in [-0.05, 0) is 19.9 Å². The number of aromatic nitrogens is 12. The van der Waals surface area contributed by atoms with Crippen molar-refractivity contribution in [3.63, 3.8) is 0 Å². The molecule has 0 saturated carbocycles. The van der Waals surface area contributed by atoms with Crippen LogP contribution < -0.4 is 39.7 Å². The number of hydrogen-bond acceptors (Lipinski definition) is 30. The fourth-order valence-electron chi connectivity index (χ4n) is 9.16. The third kappa shape index (κ3) is 15.3. The molecule has 85 heavy (non-hydrogen) atoms. The van der Waals surface area contributed by atoms with Gasteiger partial charge in [0.15, 0.2) is 22.6 Å². The molecule has 0 radical (unpaired) electrons. The summed E-state index contributed by atoms with van der Waals surface area (Å²) in [5.41, 5.74) is 14.2. The summed E-state index contributed by atoms with van der Waals surface area (Å²) in [6, 6.07) is 1.21. The van der Waals surface area contributed by atoms with Gasteiger partial charge in [-0.3, -0.25) is 69.4 Å². The molecule has 40 nitrogen and oxygen atoms in total. The van der Waals surface area contributed by atoms with Crippen molar-refractivity contribution < 1.29 is 98.1 Å². The van der Waals surface area contributed by atoms with Crippen LogP contribution in [0.25, 0.3) is 22.3 Å². The normalized spacial score (nSPS) is 26.3. The molecule has 0 spiro atoms. The van der Waals surface area contributed by atoms with E-state index in [2.05, 4.69) is 44.4 Å². The first kappa shape index (κ1) is 63.6. The molecule has 6 aromatic heterocycles. The lowest BCUT2D eigenvalue weighted by atomic mass is 10.2. The molecule has 3 saturated heterocycles. The standard InChI is InChI=1S/C41H57N15O25P4/c1-4-71-21-7-31(56-18-48-32-34(43)45-16-46-35(32)56)76-25(21)13-74-85(68,69)81-24(11-53-17-47-33-36(53)50-39(44)51-38(33)59)20(57)12-72-83(64,65)79-22-8-29(54-6-5-28(42)49-40(54)60)77-27(22)15-75-84(66,67)80-23-9-30(55-10-19(2)37(58)52-41(55)61)78-26(23)14-73-82(62,63)70-3/h5-6,10,16-18,20-27,29-31,57H,4,7-9,11-15H2,1-3H3,(H,62,63)(H,64,65)(H,66,67)(H,68,69)(H2,42,49,60)(H2,43,45,46)(H,52,58,61)(H3,44,50,51,59)/t20-,21-,22-,23-,24-,25-,26-,27-,29-,30-,31-/m1/s1. The molecule has 0 aliphatic carbocycles. The van der Waals surface area contributed by atoms with Crippen molar-refractivity contribution in [2.45, 2.75) is 107 Å². The van der Waals surface area contributed by atoms with Crippen LogP contribution >= 0.6 is 31.3 Å². The van der Waals surface area contributed by atoms with E-state index >= 15 is 0 Å². The molecule has 6 aromatic rings. The minimum absolute atomic E-state index is 0.0668. The van der Waals surface area contributed by atoms with Crippen molar-refractivity contribution >= 4 is 71.2 Å². The van der Waals surface area contributed by atoms with E-state index in [1.54, 1.807) is 11.5 Å². The number of imidazole rings is 2. The first-order valence-electron chi connectivity index (χ1n) is 25.2. The number of ether oxygens (including phenoxy) is 4. The predicted octanol–water partition coefficient (Wildman–Crippen LogP) is -1.28. The Morgan fingerprint density at radius 3 is 1.94 bits per heavy atom. The van der Waals surface area contributed by atoms with E-state index in [0.717, 1.165) is 39.5 Å². The Hall–Kier alpha value is -5.90. The summed E-state index contributed by atoms with van der Waals surface area (Å²) in [6.45, 7) is -1.18. The lowest BCUT2D eigenvalue weighted by molar-refractivity contribution is -0.0669. The molecule has 0 amide bonds. The van der Waals surface area contributed by atoms with E-state index in [1.165, 1.54) is 25.6 Å². The number of nitrogens with two attached hydrogens (primary N) is 3. The third-order valence-corrected chi connectivity index (χ3v) is 17.2. The number of H-pyrrole nitrogens is 2. The number of nitrogens with zero attached hydrogens (tertiary/aromatic N) is 10. The lowest BCUT2D eigenvalue weighted by Crippen LogP contribution is -2.36. The fourth-order valence-corrected chi connectivity index (χ4v) is 12.5. The van der Waals surface area contributed by atoms with Gasteiger partial charge in [-0.25, -0.2) is 47.8 Å². The first-order chi connectivity index (χ1) is 40.1.